The summed E-state index contributed by atoms with van der Waals surface area (Å²) in [5.41, 5.74) is 1.91. The number of piperazine rings is 1. The van der Waals surface area contributed by atoms with E-state index >= 15 is 0 Å². The quantitative estimate of drug-likeness (QED) is 0.487. The molecule has 1 heterocycles. The molecule has 0 bridgehead atoms. The fourth-order valence-corrected chi connectivity index (χ4v) is 5.35. The summed E-state index contributed by atoms with van der Waals surface area (Å²) in [5.74, 6) is -1.10. The lowest BCUT2D eigenvalue weighted by atomic mass is 10.1. The summed E-state index contributed by atoms with van der Waals surface area (Å²) in [4.78, 5) is 1.31. The van der Waals surface area contributed by atoms with Crippen molar-refractivity contribution in [2.45, 2.75) is 37.1 Å². The van der Waals surface area contributed by atoms with E-state index in [-0.39, 0.29) is 19.1 Å². The van der Waals surface area contributed by atoms with E-state index in [1.165, 1.54) is 0 Å². The highest BCUT2D eigenvalue weighted by molar-refractivity contribution is 7.89. The second kappa shape index (κ2) is 10.1. The van der Waals surface area contributed by atoms with Gasteiger partial charge in [0.05, 0.1) is 0 Å². The maximum atomic E-state index is 13.4. The molecule has 0 saturated carbocycles. The summed E-state index contributed by atoms with van der Waals surface area (Å²) in [5, 5.41) is 0. The van der Waals surface area contributed by atoms with Gasteiger partial charge in [-0.25, -0.2) is 8.42 Å². The van der Waals surface area contributed by atoms with Crippen LogP contribution in [0, 0.1) is 6.92 Å². The van der Waals surface area contributed by atoms with Gasteiger partial charge in [0, 0.05) is 37.4 Å². The SMILES string of the molecule is Cc1cccc(N2CCN(S(=O)(=O)c3cc(OCC(F)(F)F)ccc3OCC(F)(F)F)CC2C)c1. The Morgan fingerprint density at radius 2 is 1.60 bits per heavy atom. The van der Waals surface area contributed by atoms with Crippen LogP contribution in [0.5, 0.6) is 11.5 Å². The average Bonchev–Trinajstić information content (AvgIpc) is 2.75. The van der Waals surface area contributed by atoms with Crippen molar-refractivity contribution in [2.24, 2.45) is 0 Å². The van der Waals surface area contributed by atoms with Crippen LogP contribution in [0.4, 0.5) is 32.0 Å². The number of hydrogen-bond donors (Lipinski definition) is 0. The van der Waals surface area contributed by atoms with E-state index in [4.69, 9.17) is 4.74 Å². The van der Waals surface area contributed by atoms with Crippen LogP contribution in [0.25, 0.3) is 0 Å². The van der Waals surface area contributed by atoms with E-state index in [9.17, 15) is 34.8 Å². The first-order valence-corrected chi connectivity index (χ1v) is 12.0. The smallest absolute Gasteiger partial charge is 0.422 e. The molecule has 2 aromatic carbocycles. The summed E-state index contributed by atoms with van der Waals surface area (Å²) < 4.78 is 113. The lowest BCUT2D eigenvalue weighted by Gasteiger charge is -2.40. The Kier molecular flexibility index (Phi) is 7.80. The molecule has 1 unspecified atom stereocenters. The van der Waals surface area contributed by atoms with Gasteiger partial charge in [0.25, 0.3) is 0 Å². The molecule has 13 heteroatoms. The van der Waals surface area contributed by atoms with Crippen molar-refractivity contribution in [3.8, 4) is 11.5 Å². The third-order valence-electron chi connectivity index (χ3n) is 5.25. The van der Waals surface area contributed by atoms with Gasteiger partial charge in [-0.2, -0.15) is 30.6 Å². The van der Waals surface area contributed by atoms with E-state index < -0.39 is 52.0 Å². The van der Waals surface area contributed by atoms with Crippen LogP contribution >= 0.6 is 0 Å². The number of aryl methyl sites for hydroxylation is 1. The number of ether oxygens (including phenoxy) is 2. The molecule has 1 saturated heterocycles. The molecule has 6 nitrogen and oxygen atoms in total. The molecule has 1 atom stereocenters. The highest BCUT2D eigenvalue weighted by atomic mass is 32.2. The number of anilines is 1. The molecule has 35 heavy (non-hydrogen) atoms. The molecule has 0 spiro atoms. The number of halogens is 6. The van der Waals surface area contributed by atoms with Gasteiger partial charge in [0.1, 0.15) is 16.4 Å². The van der Waals surface area contributed by atoms with E-state index in [1.807, 2.05) is 36.1 Å². The Labute approximate surface area is 199 Å². The number of alkyl halides is 6. The Morgan fingerprint density at radius 1 is 0.943 bits per heavy atom. The van der Waals surface area contributed by atoms with Crippen molar-refractivity contribution in [3.63, 3.8) is 0 Å². The van der Waals surface area contributed by atoms with Crippen LogP contribution in [0.15, 0.2) is 47.4 Å². The summed E-state index contributed by atoms with van der Waals surface area (Å²) >= 11 is 0. The van der Waals surface area contributed by atoms with Crippen molar-refractivity contribution in [1.29, 1.82) is 0 Å². The Balaban J connectivity index is 1.88. The monoisotopic (exact) mass is 526 g/mol. The van der Waals surface area contributed by atoms with E-state index in [0.717, 1.165) is 33.8 Å². The molecule has 1 aliphatic heterocycles. The molecule has 0 N–H and O–H groups in total. The summed E-state index contributed by atoms with van der Waals surface area (Å²) in [6.07, 6.45) is -9.44. The Bertz CT molecular complexity index is 1140. The summed E-state index contributed by atoms with van der Waals surface area (Å²) in [6, 6.07) is 9.88. The van der Waals surface area contributed by atoms with Gasteiger partial charge in [-0.15, -0.1) is 0 Å². The fourth-order valence-electron chi connectivity index (χ4n) is 3.70. The zero-order valence-corrected chi connectivity index (χ0v) is 19.7. The molecule has 0 radical (unpaired) electrons. The second-order valence-corrected chi connectivity index (χ2v) is 10.1. The van der Waals surface area contributed by atoms with Crippen molar-refractivity contribution < 1.29 is 44.2 Å². The highest BCUT2D eigenvalue weighted by Crippen LogP contribution is 2.34. The van der Waals surface area contributed by atoms with Gasteiger partial charge in [0.15, 0.2) is 13.2 Å². The molecule has 194 valence electrons. The Hall–Kier alpha value is -2.67. The molecular weight excluding hydrogens is 502 g/mol. The Morgan fingerprint density at radius 3 is 2.20 bits per heavy atom. The number of nitrogens with zero attached hydrogens (tertiary/aromatic N) is 2. The van der Waals surface area contributed by atoms with E-state index in [1.54, 1.807) is 6.92 Å². The number of sulfonamides is 1. The number of hydrogen-bond acceptors (Lipinski definition) is 5. The molecular formula is C22H24F6N2O4S. The highest BCUT2D eigenvalue weighted by Gasteiger charge is 2.36. The van der Waals surface area contributed by atoms with Gasteiger partial charge in [-0.05, 0) is 43.7 Å². The van der Waals surface area contributed by atoms with Gasteiger partial charge >= 0.3 is 12.4 Å². The van der Waals surface area contributed by atoms with Gasteiger partial charge in [-0.3, -0.25) is 0 Å². The molecule has 0 aliphatic carbocycles. The first-order chi connectivity index (χ1) is 16.2. The molecule has 3 rings (SSSR count). The molecule has 1 fully saturated rings. The van der Waals surface area contributed by atoms with Crippen molar-refractivity contribution >= 4 is 15.7 Å². The third kappa shape index (κ3) is 7.17. The topological polar surface area (TPSA) is 59.1 Å². The fraction of sp³-hybridized carbons (Fsp3) is 0.455. The lowest BCUT2D eigenvalue weighted by molar-refractivity contribution is -0.154. The van der Waals surface area contributed by atoms with Crippen LogP contribution in [-0.2, 0) is 10.0 Å². The van der Waals surface area contributed by atoms with Crippen molar-refractivity contribution in [1.82, 2.24) is 4.31 Å². The van der Waals surface area contributed by atoms with E-state index in [2.05, 4.69) is 4.74 Å². The van der Waals surface area contributed by atoms with Gasteiger partial charge < -0.3 is 14.4 Å². The lowest BCUT2D eigenvalue weighted by Crippen LogP contribution is -2.53. The largest absolute Gasteiger partial charge is 0.484 e. The van der Waals surface area contributed by atoms with Crippen LogP contribution < -0.4 is 14.4 Å². The molecule has 1 aliphatic rings. The van der Waals surface area contributed by atoms with Crippen LogP contribution in [0.3, 0.4) is 0 Å². The predicted octanol–water partition coefficient (Wildman–Crippen LogP) is 4.78. The minimum atomic E-state index is -4.75. The zero-order valence-electron chi connectivity index (χ0n) is 18.9. The van der Waals surface area contributed by atoms with Crippen molar-refractivity contribution in [3.05, 3.63) is 48.0 Å². The minimum absolute atomic E-state index is 0.00260. The maximum absolute atomic E-state index is 13.4. The van der Waals surface area contributed by atoms with Gasteiger partial charge in [0.2, 0.25) is 10.0 Å². The second-order valence-electron chi connectivity index (χ2n) is 8.16. The number of benzene rings is 2. The molecule has 2 aromatic rings. The summed E-state index contributed by atoms with van der Waals surface area (Å²) in [6.45, 7) is 0.568. The standard InChI is InChI=1S/C22H24F6N2O4S/c1-15-4-3-5-17(10-15)30-9-8-29(12-16(30)2)35(31,32)20-11-18(33-13-21(23,24)25)6-7-19(20)34-14-22(26,27)28/h3-7,10-11,16H,8-9,12-14H2,1-2H3. The number of rotatable bonds is 7. The third-order valence-corrected chi connectivity index (χ3v) is 7.14. The van der Waals surface area contributed by atoms with Crippen LogP contribution in [-0.4, -0.2) is 64.0 Å². The summed E-state index contributed by atoms with van der Waals surface area (Å²) in [7, 11) is -4.43. The van der Waals surface area contributed by atoms with Gasteiger partial charge in [-0.1, -0.05) is 12.1 Å². The minimum Gasteiger partial charge on any atom is -0.484 e. The first-order valence-electron chi connectivity index (χ1n) is 10.5. The van der Waals surface area contributed by atoms with E-state index in [0.29, 0.717) is 6.54 Å². The predicted molar refractivity (Wildman–Crippen MR) is 116 cm³/mol. The first kappa shape index (κ1) is 26.9. The normalized spacial score (nSPS) is 17.9. The average molecular weight is 526 g/mol. The van der Waals surface area contributed by atoms with Crippen molar-refractivity contribution in [2.75, 3.05) is 37.7 Å². The molecule has 0 aromatic heterocycles. The maximum Gasteiger partial charge on any atom is 0.422 e. The van der Waals surface area contributed by atoms with Crippen LogP contribution in [0.2, 0.25) is 0 Å². The molecule has 0 amide bonds. The zero-order chi connectivity index (χ0) is 26.0. The van der Waals surface area contributed by atoms with Crippen LogP contribution in [0.1, 0.15) is 12.5 Å².